The van der Waals surface area contributed by atoms with Crippen molar-refractivity contribution in [2.45, 2.75) is 13.2 Å². The van der Waals surface area contributed by atoms with Crippen molar-refractivity contribution in [2.75, 3.05) is 14.2 Å². The highest BCUT2D eigenvalue weighted by Crippen LogP contribution is 2.27. The number of benzene rings is 2. The number of ether oxygens (including phenoxy) is 3. The first-order valence-corrected chi connectivity index (χ1v) is 6.29. The smallest absolute Gasteiger partial charge is 0.127 e. The molecule has 0 radical (unpaired) electrons. The van der Waals surface area contributed by atoms with Crippen molar-refractivity contribution in [1.82, 2.24) is 0 Å². The van der Waals surface area contributed by atoms with Gasteiger partial charge in [0, 0.05) is 18.2 Å². The van der Waals surface area contributed by atoms with Crippen LogP contribution in [0.3, 0.4) is 0 Å². The number of hydrogen-bond acceptors (Lipinski definition) is 4. The first kappa shape index (κ1) is 14.2. The number of hydrogen-bond donors (Lipinski definition) is 1. The van der Waals surface area contributed by atoms with E-state index < -0.39 is 0 Å². The predicted molar refractivity (Wildman–Crippen MR) is 76.2 cm³/mol. The molecule has 4 heteroatoms. The Bertz CT molecular complexity index is 527. The molecule has 0 fully saturated rings. The van der Waals surface area contributed by atoms with Gasteiger partial charge in [0.2, 0.25) is 0 Å². The van der Waals surface area contributed by atoms with Crippen LogP contribution in [0.1, 0.15) is 11.1 Å². The lowest BCUT2D eigenvalue weighted by Crippen LogP contribution is -1.97. The summed E-state index contributed by atoms with van der Waals surface area (Å²) in [5.74, 6) is 2.07. The fourth-order valence-electron chi connectivity index (χ4n) is 1.77. The highest BCUT2D eigenvalue weighted by atomic mass is 16.5. The maximum Gasteiger partial charge on any atom is 0.127 e. The Morgan fingerprint density at radius 2 is 1.30 bits per heavy atom. The molecule has 0 amide bonds. The van der Waals surface area contributed by atoms with Crippen molar-refractivity contribution in [2.24, 2.45) is 0 Å². The molecule has 0 bridgehead atoms. The fourth-order valence-corrected chi connectivity index (χ4v) is 1.77. The molecule has 106 valence electrons. The van der Waals surface area contributed by atoms with Crippen molar-refractivity contribution >= 4 is 0 Å². The van der Waals surface area contributed by atoms with Gasteiger partial charge in [-0.2, -0.15) is 0 Å². The maximum absolute atomic E-state index is 8.99. The van der Waals surface area contributed by atoms with Crippen LogP contribution in [0.2, 0.25) is 0 Å². The number of aliphatic hydroxyl groups excluding tert-OH is 1. The van der Waals surface area contributed by atoms with Gasteiger partial charge in [-0.25, -0.2) is 0 Å². The van der Waals surface area contributed by atoms with Gasteiger partial charge in [-0.3, -0.25) is 0 Å². The molecule has 0 atom stereocenters. The van der Waals surface area contributed by atoms with Crippen molar-refractivity contribution < 1.29 is 19.3 Å². The molecule has 2 aromatic rings. The van der Waals surface area contributed by atoms with E-state index in [0.29, 0.717) is 23.9 Å². The zero-order valence-electron chi connectivity index (χ0n) is 11.6. The van der Waals surface area contributed by atoms with Gasteiger partial charge < -0.3 is 19.3 Å². The first-order valence-electron chi connectivity index (χ1n) is 6.29. The van der Waals surface area contributed by atoms with E-state index in [-0.39, 0.29) is 6.61 Å². The third kappa shape index (κ3) is 3.65. The molecule has 0 heterocycles. The van der Waals surface area contributed by atoms with Crippen LogP contribution < -0.4 is 14.2 Å². The van der Waals surface area contributed by atoms with E-state index in [9.17, 15) is 0 Å². The van der Waals surface area contributed by atoms with E-state index in [1.54, 1.807) is 20.3 Å². The lowest BCUT2D eigenvalue weighted by atomic mass is 10.1. The molecule has 0 aliphatic rings. The third-order valence-electron chi connectivity index (χ3n) is 2.94. The van der Waals surface area contributed by atoms with Gasteiger partial charge >= 0.3 is 0 Å². The van der Waals surface area contributed by atoms with Crippen LogP contribution in [0.5, 0.6) is 17.2 Å². The van der Waals surface area contributed by atoms with Gasteiger partial charge in [0.05, 0.1) is 20.8 Å². The molecule has 0 aromatic heterocycles. The molecule has 0 spiro atoms. The van der Waals surface area contributed by atoms with Crippen molar-refractivity contribution in [3.8, 4) is 17.2 Å². The van der Waals surface area contributed by atoms with Crippen LogP contribution in [-0.2, 0) is 13.2 Å². The number of methoxy groups -OCH3 is 2. The summed E-state index contributed by atoms with van der Waals surface area (Å²) in [4.78, 5) is 0. The minimum Gasteiger partial charge on any atom is -0.496 e. The van der Waals surface area contributed by atoms with Gasteiger partial charge in [0.1, 0.15) is 23.9 Å². The molecule has 0 aliphatic heterocycles. The molecule has 2 aromatic carbocycles. The number of aliphatic hydroxyl groups is 1. The second kappa shape index (κ2) is 6.82. The average Bonchev–Trinajstić information content (AvgIpc) is 2.53. The lowest BCUT2D eigenvalue weighted by Gasteiger charge is -2.10. The summed E-state index contributed by atoms with van der Waals surface area (Å²) in [6, 6.07) is 13.0. The van der Waals surface area contributed by atoms with E-state index in [1.165, 1.54) is 0 Å². The summed E-state index contributed by atoms with van der Waals surface area (Å²) in [5.41, 5.74) is 1.92. The van der Waals surface area contributed by atoms with Crippen LogP contribution in [0.4, 0.5) is 0 Å². The molecule has 2 rings (SSSR count). The Hall–Kier alpha value is -2.20. The summed E-state index contributed by atoms with van der Waals surface area (Å²) in [6.45, 7) is 0.496. The maximum atomic E-state index is 8.99. The lowest BCUT2D eigenvalue weighted by molar-refractivity contribution is 0.281. The van der Waals surface area contributed by atoms with Crippen molar-refractivity contribution in [1.29, 1.82) is 0 Å². The minimum atomic E-state index is 0.0498. The average molecular weight is 274 g/mol. The quantitative estimate of drug-likeness (QED) is 0.880. The zero-order chi connectivity index (χ0) is 14.4. The van der Waals surface area contributed by atoms with E-state index in [0.717, 1.165) is 11.1 Å². The van der Waals surface area contributed by atoms with Crippen LogP contribution in [0.15, 0.2) is 42.5 Å². The Morgan fingerprint density at radius 3 is 1.80 bits per heavy atom. The highest BCUT2D eigenvalue weighted by molar-refractivity contribution is 5.42. The Labute approximate surface area is 118 Å². The Morgan fingerprint density at radius 1 is 0.800 bits per heavy atom. The topological polar surface area (TPSA) is 47.9 Å². The van der Waals surface area contributed by atoms with Crippen LogP contribution in [0.25, 0.3) is 0 Å². The van der Waals surface area contributed by atoms with Gasteiger partial charge in [0.25, 0.3) is 0 Å². The Kier molecular flexibility index (Phi) is 4.85. The van der Waals surface area contributed by atoms with Crippen LogP contribution >= 0.6 is 0 Å². The van der Waals surface area contributed by atoms with Crippen molar-refractivity contribution in [3.63, 3.8) is 0 Å². The monoisotopic (exact) mass is 274 g/mol. The number of rotatable bonds is 6. The van der Waals surface area contributed by atoms with Crippen LogP contribution in [-0.4, -0.2) is 19.3 Å². The van der Waals surface area contributed by atoms with Gasteiger partial charge in [-0.15, -0.1) is 0 Å². The first-order chi connectivity index (χ1) is 9.75. The van der Waals surface area contributed by atoms with E-state index in [4.69, 9.17) is 19.3 Å². The van der Waals surface area contributed by atoms with E-state index >= 15 is 0 Å². The standard InChI is InChI=1S/C16H18O4/c1-18-14-7-15(19-2)9-16(8-14)20-11-13-5-3-12(10-17)4-6-13/h3-9,17H,10-11H2,1-2H3. The molecule has 0 aliphatic carbocycles. The summed E-state index contributed by atoms with van der Waals surface area (Å²) in [7, 11) is 3.21. The molecule has 20 heavy (non-hydrogen) atoms. The normalized spacial score (nSPS) is 10.2. The molecular weight excluding hydrogens is 256 g/mol. The largest absolute Gasteiger partial charge is 0.496 e. The summed E-state index contributed by atoms with van der Waals surface area (Å²) in [5, 5.41) is 8.99. The molecule has 1 N–H and O–H groups in total. The predicted octanol–water partition coefficient (Wildman–Crippen LogP) is 2.78. The van der Waals surface area contributed by atoms with E-state index in [2.05, 4.69) is 0 Å². The zero-order valence-corrected chi connectivity index (χ0v) is 11.6. The fraction of sp³-hybridized carbons (Fsp3) is 0.250. The Balaban J connectivity index is 2.05. The van der Waals surface area contributed by atoms with Gasteiger partial charge in [-0.1, -0.05) is 24.3 Å². The van der Waals surface area contributed by atoms with Crippen LogP contribution in [0, 0.1) is 0 Å². The molecule has 0 saturated heterocycles. The highest BCUT2D eigenvalue weighted by Gasteiger charge is 2.03. The molecule has 0 unspecified atom stereocenters. The summed E-state index contributed by atoms with van der Waals surface area (Å²) < 4.78 is 16.1. The second-order valence-electron chi connectivity index (χ2n) is 4.31. The molecule has 0 saturated carbocycles. The minimum absolute atomic E-state index is 0.0498. The van der Waals surface area contributed by atoms with Crippen molar-refractivity contribution in [3.05, 3.63) is 53.6 Å². The summed E-state index contributed by atoms with van der Waals surface area (Å²) in [6.07, 6.45) is 0. The molecular formula is C16H18O4. The van der Waals surface area contributed by atoms with Gasteiger partial charge in [-0.05, 0) is 11.1 Å². The second-order valence-corrected chi connectivity index (χ2v) is 4.31. The SMILES string of the molecule is COc1cc(OC)cc(OCc2ccc(CO)cc2)c1. The van der Waals surface area contributed by atoms with Gasteiger partial charge in [0.15, 0.2) is 0 Å². The molecule has 4 nitrogen and oxygen atoms in total. The van der Waals surface area contributed by atoms with E-state index in [1.807, 2.05) is 36.4 Å². The third-order valence-corrected chi connectivity index (χ3v) is 2.94. The summed E-state index contributed by atoms with van der Waals surface area (Å²) >= 11 is 0.